The van der Waals surface area contributed by atoms with Crippen molar-refractivity contribution < 1.29 is 4.74 Å². The van der Waals surface area contributed by atoms with Crippen molar-refractivity contribution in [3.63, 3.8) is 0 Å². The molecule has 0 atom stereocenters. The highest BCUT2D eigenvalue weighted by atomic mass is 35.5. The number of benzene rings is 2. The number of ether oxygens (including phenoxy) is 1. The fourth-order valence-electron chi connectivity index (χ4n) is 2.01. The second kappa shape index (κ2) is 3.84. The van der Waals surface area contributed by atoms with Crippen LogP contribution < -0.4 is 4.74 Å². The third-order valence-corrected chi connectivity index (χ3v) is 3.12. The lowest BCUT2D eigenvalue weighted by atomic mass is 10.0. The molecule has 0 amide bonds. The Balaban J connectivity index is 2.03. The topological polar surface area (TPSA) is 9.23 Å². The lowest BCUT2D eigenvalue weighted by Gasteiger charge is -2.04. The summed E-state index contributed by atoms with van der Waals surface area (Å²) in [5.74, 6) is 1.03. The second-order valence-electron chi connectivity index (χ2n) is 3.93. The summed E-state index contributed by atoms with van der Waals surface area (Å²) in [4.78, 5) is 0. The van der Waals surface area contributed by atoms with Crippen molar-refractivity contribution in [2.75, 3.05) is 6.61 Å². The highest BCUT2D eigenvalue weighted by Crippen LogP contribution is 2.30. The number of hydrogen-bond acceptors (Lipinski definition) is 1. The maximum atomic E-state index is 5.87. The van der Waals surface area contributed by atoms with Gasteiger partial charge in [-0.05, 0) is 41.0 Å². The number of halogens is 1. The molecule has 2 heteroatoms. The van der Waals surface area contributed by atoms with Crippen LogP contribution in [0, 0.1) is 0 Å². The lowest BCUT2D eigenvalue weighted by Crippen LogP contribution is -1.85. The first kappa shape index (κ1) is 9.73. The van der Waals surface area contributed by atoms with Gasteiger partial charge >= 0.3 is 0 Å². The monoisotopic (exact) mass is 230 g/mol. The summed E-state index contributed by atoms with van der Waals surface area (Å²) in [5, 5.41) is 0.772. The molecule has 0 fully saturated rings. The van der Waals surface area contributed by atoms with Crippen LogP contribution in [0.25, 0.3) is 11.1 Å². The molecule has 3 rings (SSSR count). The van der Waals surface area contributed by atoms with Crippen LogP contribution in [-0.4, -0.2) is 6.61 Å². The number of hydrogen-bond donors (Lipinski definition) is 0. The van der Waals surface area contributed by atoms with Crippen LogP contribution in [0.1, 0.15) is 5.56 Å². The van der Waals surface area contributed by atoms with Crippen molar-refractivity contribution >= 4 is 11.6 Å². The van der Waals surface area contributed by atoms with E-state index in [2.05, 4.69) is 12.1 Å². The van der Waals surface area contributed by atoms with Gasteiger partial charge in [-0.25, -0.2) is 0 Å². The summed E-state index contributed by atoms with van der Waals surface area (Å²) in [6, 6.07) is 14.3. The molecule has 0 aliphatic carbocycles. The van der Waals surface area contributed by atoms with Crippen molar-refractivity contribution in [2.24, 2.45) is 0 Å². The molecular weight excluding hydrogens is 220 g/mol. The van der Waals surface area contributed by atoms with Crippen LogP contribution in [-0.2, 0) is 6.42 Å². The molecule has 0 aromatic heterocycles. The highest BCUT2D eigenvalue weighted by Gasteiger charge is 2.12. The molecule has 0 spiro atoms. The first-order chi connectivity index (χ1) is 7.83. The minimum atomic E-state index is 0.772. The average molecular weight is 231 g/mol. The molecule has 80 valence electrons. The van der Waals surface area contributed by atoms with E-state index in [-0.39, 0.29) is 0 Å². The summed E-state index contributed by atoms with van der Waals surface area (Å²) in [6.07, 6.45) is 1.01. The van der Waals surface area contributed by atoms with E-state index in [9.17, 15) is 0 Å². The molecule has 1 aliphatic rings. The van der Waals surface area contributed by atoms with Crippen molar-refractivity contribution in [1.29, 1.82) is 0 Å². The van der Waals surface area contributed by atoms with Crippen LogP contribution in [0.2, 0.25) is 5.02 Å². The summed E-state index contributed by atoms with van der Waals surface area (Å²) in [5.41, 5.74) is 3.72. The fraction of sp³-hybridized carbons (Fsp3) is 0.143. The van der Waals surface area contributed by atoms with E-state index in [1.165, 1.54) is 16.7 Å². The predicted octanol–water partition coefficient (Wildman–Crippen LogP) is 3.94. The fourth-order valence-corrected chi connectivity index (χ4v) is 2.13. The highest BCUT2D eigenvalue weighted by molar-refractivity contribution is 6.30. The molecule has 2 aromatic carbocycles. The van der Waals surface area contributed by atoms with Gasteiger partial charge in [0, 0.05) is 11.4 Å². The van der Waals surface area contributed by atoms with E-state index >= 15 is 0 Å². The summed E-state index contributed by atoms with van der Waals surface area (Å²) in [6.45, 7) is 0.805. The normalized spacial score (nSPS) is 13.3. The third-order valence-electron chi connectivity index (χ3n) is 2.87. The largest absolute Gasteiger partial charge is 0.493 e. The van der Waals surface area contributed by atoms with Gasteiger partial charge in [-0.3, -0.25) is 0 Å². The molecule has 0 saturated carbocycles. The first-order valence-corrected chi connectivity index (χ1v) is 5.72. The van der Waals surface area contributed by atoms with Crippen LogP contribution in [0.15, 0.2) is 42.5 Å². The molecule has 16 heavy (non-hydrogen) atoms. The Kier molecular flexibility index (Phi) is 2.33. The number of rotatable bonds is 1. The summed E-state index contributed by atoms with van der Waals surface area (Å²) < 4.78 is 5.49. The predicted molar refractivity (Wildman–Crippen MR) is 66.1 cm³/mol. The summed E-state index contributed by atoms with van der Waals surface area (Å²) in [7, 11) is 0. The Bertz CT molecular complexity index is 517. The molecule has 0 N–H and O–H groups in total. The van der Waals surface area contributed by atoms with Gasteiger partial charge in [0.2, 0.25) is 0 Å². The zero-order chi connectivity index (χ0) is 11.0. The molecule has 0 bridgehead atoms. The quantitative estimate of drug-likeness (QED) is 0.721. The Morgan fingerprint density at radius 1 is 0.938 bits per heavy atom. The molecule has 0 radical (unpaired) electrons. The van der Waals surface area contributed by atoms with Crippen molar-refractivity contribution in [1.82, 2.24) is 0 Å². The second-order valence-corrected chi connectivity index (χ2v) is 4.36. The smallest absolute Gasteiger partial charge is 0.122 e. The van der Waals surface area contributed by atoms with Crippen molar-refractivity contribution in [2.45, 2.75) is 6.42 Å². The molecular formula is C14H11ClO. The average Bonchev–Trinajstić information content (AvgIpc) is 2.77. The maximum Gasteiger partial charge on any atom is 0.122 e. The van der Waals surface area contributed by atoms with Crippen molar-refractivity contribution in [3.8, 4) is 16.9 Å². The van der Waals surface area contributed by atoms with E-state index in [4.69, 9.17) is 16.3 Å². The number of fused-ring (bicyclic) bond motifs is 1. The van der Waals surface area contributed by atoms with Gasteiger partial charge in [0.1, 0.15) is 5.75 Å². The van der Waals surface area contributed by atoms with Gasteiger partial charge in [-0.15, -0.1) is 0 Å². The van der Waals surface area contributed by atoms with Gasteiger partial charge in [-0.1, -0.05) is 29.8 Å². The molecule has 0 saturated heterocycles. The Morgan fingerprint density at radius 2 is 1.69 bits per heavy atom. The van der Waals surface area contributed by atoms with Crippen LogP contribution in [0.4, 0.5) is 0 Å². The standard InChI is InChI=1S/C14H11ClO/c15-13-4-1-10(2-5-13)11-3-6-14-12(9-11)7-8-16-14/h1-6,9H,7-8H2. The Hall–Kier alpha value is -1.47. The minimum absolute atomic E-state index is 0.772. The van der Waals surface area contributed by atoms with Gasteiger partial charge in [-0.2, -0.15) is 0 Å². The van der Waals surface area contributed by atoms with E-state index in [0.717, 1.165) is 23.8 Å². The van der Waals surface area contributed by atoms with Gasteiger partial charge in [0.15, 0.2) is 0 Å². The van der Waals surface area contributed by atoms with Gasteiger partial charge in [0.25, 0.3) is 0 Å². The van der Waals surface area contributed by atoms with E-state index in [1.54, 1.807) is 0 Å². The minimum Gasteiger partial charge on any atom is -0.493 e. The SMILES string of the molecule is Clc1ccc(-c2ccc3c(c2)CCO3)cc1. The molecule has 1 nitrogen and oxygen atoms in total. The zero-order valence-electron chi connectivity index (χ0n) is 8.74. The van der Waals surface area contributed by atoms with E-state index < -0.39 is 0 Å². The van der Waals surface area contributed by atoms with Crippen molar-refractivity contribution in [3.05, 3.63) is 53.1 Å². The maximum absolute atomic E-state index is 5.87. The van der Waals surface area contributed by atoms with E-state index in [1.807, 2.05) is 30.3 Å². The van der Waals surface area contributed by atoms with Crippen LogP contribution in [0.3, 0.4) is 0 Å². The van der Waals surface area contributed by atoms with Gasteiger partial charge < -0.3 is 4.74 Å². The molecule has 1 heterocycles. The Morgan fingerprint density at radius 3 is 2.50 bits per heavy atom. The van der Waals surface area contributed by atoms with Crippen LogP contribution >= 0.6 is 11.6 Å². The Labute approximate surface area is 99.6 Å². The third kappa shape index (κ3) is 1.68. The zero-order valence-corrected chi connectivity index (χ0v) is 9.50. The first-order valence-electron chi connectivity index (χ1n) is 5.34. The van der Waals surface area contributed by atoms with Gasteiger partial charge in [0.05, 0.1) is 6.61 Å². The lowest BCUT2D eigenvalue weighted by molar-refractivity contribution is 0.357. The van der Waals surface area contributed by atoms with E-state index in [0.29, 0.717) is 0 Å². The molecule has 1 aliphatic heterocycles. The summed E-state index contributed by atoms with van der Waals surface area (Å²) >= 11 is 5.87. The molecule has 0 unspecified atom stereocenters. The van der Waals surface area contributed by atoms with Crippen LogP contribution in [0.5, 0.6) is 5.75 Å². The molecule has 2 aromatic rings.